The summed E-state index contributed by atoms with van der Waals surface area (Å²) in [5, 5.41) is 2.01. The van der Waals surface area contributed by atoms with Crippen molar-refractivity contribution in [2.45, 2.75) is 44.3 Å². The highest BCUT2D eigenvalue weighted by Gasteiger charge is 2.34. The second kappa shape index (κ2) is 8.29. The maximum absolute atomic E-state index is 12.7. The van der Waals surface area contributed by atoms with Gasteiger partial charge in [-0.25, -0.2) is 4.79 Å². The van der Waals surface area contributed by atoms with Crippen LogP contribution in [0.5, 0.6) is 0 Å². The number of nitrogens with zero attached hydrogens (tertiary/aromatic N) is 1. The number of halogens is 3. The third-order valence-electron chi connectivity index (χ3n) is 5.32. The van der Waals surface area contributed by atoms with E-state index in [0.29, 0.717) is 12.1 Å². The number of nitrogens with one attached hydrogen (secondary N) is 1. The smallest absolute Gasteiger partial charge is 0.416 e. The van der Waals surface area contributed by atoms with E-state index in [0.717, 1.165) is 50.9 Å². The summed E-state index contributed by atoms with van der Waals surface area (Å²) in [7, 11) is 0. The third kappa shape index (κ3) is 5.00. The van der Waals surface area contributed by atoms with E-state index in [-0.39, 0.29) is 18.1 Å². The van der Waals surface area contributed by atoms with Gasteiger partial charge in [0.25, 0.3) is 5.91 Å². The molecule has 3 rings (SSSR count). The summed E-state index contributed by atoms with van der Waals surface area (Å²) >= 11 is 0. The Labute approximate surface area is 155 Å². The summed E-state index contributed by atoms with van der Waals surface area (Å²) in [5.41, 5.74) is -1.18. The summed E-state index contributed by atoms with van der Waals surface area (Å²) in [5.74, 6) is -0.678. The molecule has 148 valence electrons. The van der Waals surface area contributed by atoms with E-state index in [2.05, 4.69) is 4.90 Å². The molecule has 0 unspecified atom stereocenters. The van der Waals surface area contributed by atoms with Gasteiger partial charge in [0.1, 0.15) is 0 Å². The molecule has 0 spiro atoms. The number of hydrogen-bond acceptors (Lipinski definition) is 4. The van der Waals surface area contributed by atoms with E-state index in [1.54, 1.807) is 0 Å². The molecule has 0 aliphatic carbocycles. The number of benzene rings is 1. The molecule has 2 atom stereocenters. The van der Waals surface area contributed by atoms with E-state index >= 15 is 0 Å². The Kier molecular flexibility index (Phi) is 6.04. The van der Waals surface area contributed by atoms with Crippen LogP contribution in [0.4, 0.5) is 18.0 Å². The van der Waals surface area contributed by atoms with Crippen LogP contribution in [0, 0.1) is 5.92 Å². The zero-order valence-corrected chi connectivity index (χ0v) is 14.9. The number of hydrogen-bond donors (Lipinski definition) is 1. The minimum atomic E-state index is -4.55. The Morgan fingerprint density at radius 2 is 1.93 bits per heavy atom. The molecule has 0 saturated carbocycles. The van der Waals surface area contributed by atoms with Crippen LogP contribution in [0.25, 0.3) is 0 Å². The van der Waals surface area contributed by atoms with Gasteiger partial charge in [-0.1, -0.05) is 12.5 Å². The maximum Gasteiger partial charge on any atom is 0.416 e. The molecule has 1 aromatic rings. The molecule has 8 heteroatoms. The number of alkyl halides is 3. The molecule has 0 bridgehead atoms. The van der Waals surface area contributed by atoms with Gasteiger partial charge in [-0.2, -0.15) is 13.2 Å². The topological polar surface area (TPSA) is 58.6 Å². The zero-order chi connectivity index (χ0) is 19.4. The van der Waals surface area contributed by atoms with Gasteiger partial charge in [0, 0.05) is 17.5 Å². The summed E-state index contributed by atoms with van der Waals surface area (Å²) in [6.07, 6.45) is -0.0211. The van der Waals surface area contributed by atoms with Crippen LogP contribution >= 0.6 is 0 Å². The van der Waals surface area contributed by atoms with Crippen molar-refractivity contribution in [1.82, 2.24) is 10.2 Å². The fraction of sp³-hybridized carbons (Fsp3) is 0.579. The van der Waals surface area contributed by atoms with Gasteiger partial charge in [0.05, 0.1) is 12.2 Å². The lowest BCUT2D eigenvalue weighted by atomic mass is 9.84. The standard InChI is InChI=1S/C19H23F3N2O3/c20-19(21,22)15-7-3-5-13(11-15)17(25)23-18(26)27-12-14-6-4-10-24-9-2-1-8-16(14)24/h3,5,7,11,14,16H,1-2,4,6,8-10,12H2,(H,23,25,26)/t14-,16+/m0/s1. The van der Waals surface area contributed by atoms with Crippen LogP contribution in [-0.2, 0) is 10.9 Å². The highest BCUT2D eigenvalue weighted by molar-refractivity contribution is 6.02. The number of piperidine rings is 2. The van der Waals surface area contributed by atoms with Crippen molar-refractivity contribution in [3.8, 4) is 0 Å². The lowest BCUT2D eigenvalue weighted by molar-refractivity contribution is -0.137. The first-order chi connectivity index (χ1) is 12.8. The van der Waals surface area contributed by atoms with Gasteiger partial charge in [-0.15, -0.1) is 0 Å². The van der Waals surface area contributed by atoms with Gasteiger partial charge in [-0.3, -0.25) is 15.0 Å². The second-order valence-corrected chi connectivity index (χ2v) is 7.13. The van der Waals surface area contributed by atoms with Crippen molar-refractivity contribution in [1.29, 1.82) is 0 Å². The Bertz CT molecular complexity index is 691. The van der Waals surface area contributed by atoms with Gasteiger partial charge in [0.15, 0.2) is 0 Å². The Balaban J connectivity index is 1.52. The van der Waals surface area contributed by atoms with Crippen LogP contribution in [-0.4, -0.2) is 42.6 Å². The first-order valence-electron chi connectivity index (χ1n) is 9.24. The third-order valence-corrected chi connectivity index (χ3v) is 5.32. The average molecular weight is 384 g/mol. The second-order valence-electron chi connectivity index (χ2n) is 7.13. The predicted octanol–water partition coefficient (Wildman–Crippen LogP) is 3.84. The molecular formula is C19H23F3N2O3. The van der Waals surface area contributed by atoms with E-state index in [1.807, 2.05) is 5.32 Å². The van der Waals surface area contributed by atoms with E-state index in [1.165, 1.54) is 12.5 Å². The van der Waals surface area contributed by atoms with Gasteiger partial charge in [0.2, 0.25) is 0 Å². The number of carbonyl (C=O) groups excluding carboxylic acids is 2. The minimum absolute atomic E-state index is 0.211. The molecule has 0 aromatic heterocycles. The van der Waals surface area contributed by atoms with Gasteiger partial charge >= 0.3 is 12.3 Å². The quantitative estimate of drug-likeness (QED) is 0.860. The molecule has 2 aliphatic rings. The molecule has 2 saturated heterocycles. The number of rotatable bonds is 3. The monoisotopic (exact) mass is 384 g/mol. The molecule has 1 aromatic carbocycles. The number of fused-ring (bicyclic) bond motifs is 1. The van der Waals surface area contributed by atoms with Crippen molar-refractivity contribution in [3.05, 3.63) is 35.4 Å². The highest BCUT2D eigenvalue weighted by Crippen LogP contribution is 2.31. The van der Waals surface area contributed by atoms with Crippen LogP contribution in [0.1, 0.15) is 48.0 Å². The molecule has 5 nitrogen and oxygen atoms in total. The maximum atomic E-state index is 12.7. The van der Waals surface area contributed by atoms with Crippen LogP contribution in [0.15, 0.2) is 24.3 Å². The SMILES string of the molecule is O=C(NC(=O)c1cccc(C(F)(F)F)c1)OC[C@@H]1CCCN2CCCC[C@H]12. The normalized spacial score (nSPS) is 23.4. The van der Waals surface area contributed by atoms with Crippen molar-refractivity contribution < 1.29 is 27.5 Å². The Morgan fingerprint density at radius 3 is 2.70 bits per heavy atom. The molecule has 27 heavy (non-hydrogen) atoms. The predicted molar refractivity (Wildman–Crippen MR) is 92.2 cm³/mol. The number of imide groups is 1. The number of ether oxygens (including phenoxy) is 1. The number of alkyl carbamates (subject to hydrolysis) is 1. The summed E-state index contributed by atoms with van der Waals surface area (Å²) < 4.78 is 43.4. The zero-order valence-electron chi connectivity index (χ0n) is 14.9. The Morgan fingerprint density at radius 1 is 1.15 bits per heavy atom. The van der Waals surface area contributed by atoms with Crippen LogP contribution < -0.4 is 5.32 Å². The molecular weight excluding hydrogens is 361 g/mol. The fourth-order valence-electron chi connectivity index (χ4n) is 3.99. The summed E-state index contributed by atoms with van der Waals surface area (Å²) in [6, 6.07) is 4.33. The molecule has 0 radical (unpaired) electrons. The Hall–Kier alpha value is -2.09. The number of amides is 2. The van der Waals surface area contributed by atoms with E-state index < -0.39 is 23.7 Å². The van der Waals surface area contributed by atoms with Crippen molar-refractivity contribution >= 4 is 12.0 Å². The first kappa shape index (κ1) is 19.7. The molecule has 2 aliphatic heterocycles. The van der Waals surface area contributed by atoms with Gasteiger partial charge in [-0.05, 0) is 57.0 Å². The minimum Gasteiger partial charge on any atom is -0.449 e. The van der Waals surface area contributed by atoms with E-state index in [9.17, 15) is 22.8 Å². The number of carbonyl (C=O) groups is 2. The lowest BCUT2D eigenvalue weighted by Crippen LogP contribution is -2.49. The van der Waals surface area contributed by atoms with Crippen molar-refractivity contribution in [2.24, 2.45) is 5.92 Å². The summed E-state index contributed by atoms with van der Waals surface area (Å²) in [4.78, 5) is 26.4. The van der Waals surface area contributed by atoms with Crippen LogP contribution in [0.2, 0.25) is 0 Å². The molecule has 2 amide bonds. The fourth-order valence-corrected chi connectivity index (χ4v) is 3.99. The van der Waals surface area contributed by atoms with Crippen molar-refractivity contribution in [2.75, 3.05) is 19.7 Å². The highest BCUT2D eigenvalue weighted by atomic mass is 19.4. The van der Waals surface area contributed by atoms with E-state index in [4.69, 9.17) is 4.74 Å². The average Bonchev–Trinajstić information content (AvgIpc) is 2.65. The molecule has 2 heterocycles. The largest absolute Gasteiger partial charge is 0.449 e. The van der Waals surface area contributed by atoms with Gasteiger partial charge < -0.3 is 4.74 Å². The van der Waals surface area contributed by atoms with Crippen LogP contribution in [0.3, 0.4) is 0 Å². The molecule has 1 N–H and O–H groups in total. The lowest BCUT2D eigenvalue weighted by Gasteiger charge is -2.44. The summed E-state index contributed by atoms with van der Waals surface area (Å²) in [6.45, 7) is 2.35. The molecule has 2 fully saturated rings. The van der Waals surface area contributed by atoms with Crippen molar-refractivity contribution in [3.63, 3.8) is 0 Å². The first-order valence-corrected chi connectivity index (χ1v) is 9.24.